The predicted octanol–water partition coefficient (Wildman–Crippen LogP) is 4.21. The van der Waals surface area contributed by atoms with Gasteiger partial charge in [-0.25, -0.2) is 0 Å². The van der Waals surface area contributed by atoms with Crippen LogP contribution in [-0.2, 0) is 11.3 Å². The Morgan fingerprint density at radius 3 is 2.72 bits per heavy atom. The molecule has 6 nitrogen and oxygen atoms in total. The van der Waals surface area contributed by atoms with Gasteiger partial charge in [-0.2, -0.15) is 5.10 Å². The molecule has 2 aromatic heterocycles. The topological polar surface area (TPSA) is 69.0 Å². The van der Waals surface area contributed by atoms with Gasteiger partial charge in [0.2, 0.25) is 0 Å². The van der Waals surface area contributed by atoms with Gasteiger partial charge in [-0.05, 0) is 47.8 Å². The minimum Gasteiger partial charge on any atom is -0.484 e. The average Bonchev–Trinajstić information content (AvgIpc) is 3.20. The van der Waals surface area contributed by atoms with Gasteiger partial charge in [0, 0.05) is 18.5 Å². The first kappa shape index (κ1) is 19.8. The standard InChI is InChI=1S/C21H22N4O2S2/c26-20(23-19-9-11-25(24-19)14-17-4-1-2-10-22-17)15-27-18-7-5-16(6-8-18)21-28-12-3-13-29-21/h1-2,4-11,21H,3,12-15H2,(H,23,24,26). The van der Waals surface area contributed by atoms with E-state index in [-0.39, 0.29) is 12.5 Å². The Hall–Kier alpha value is -2.45. The van der Waals surface area contributed by atoms with E-state index in [0.717, 1.165) is 5.69 Å². The first-order valence-electron chi connectivity index (χ1n) is 9.45. The van der Waals surface area contributed by atoms with E-state index >= 15 is 0 Å². The van der Waals surface area contributed by atoms with Crippen LogP contribution >= 0.6 is 23.5 Å². The number of nitrogens with zero attached hydrogens (tertiary/aromatic N) is 3. The fourth-order valence-corrected chi connectivity index (χ4v) is 5.80. The molecule has 8 heteroatoms. The molecule has 0 atom stereocenters. The molecule has 1 aromatic carbocycles. The van der Waals surface area contributed by atoms with E-state index in [2.05, 4.69) is 27.5 Å². The second-order valence-electron chi connectivity index (χ2n) is 6.55. The normalized spacial score (nSPS) is 14.5. The Kier molecular flexibility index (Phi) is 6.74. The largest absolute Gasteiger partial charge is 0.484 e. The fraction of sp³-hybridized carbons (Fsp3) is 0.286. The number of carbonyl (C=O) groups excluding carboxylic acids is 1. The molecule has 1 aliphatic rings. The number of benzene rings is 1. The average molecular weight is 427 g/mol. The van der Waals surface area contributed by atoms with Gasteiger partial charge >= 0.3 is 0 Å². The lowest BCUT2D eigenvalue weighted by molar-refractivity contribution is -0.118. The molecule has 4 rings (SSSR count). The molecule has 3 heterocycles. The van der Waals surface area contributed by atoms with Crippen LogP contribution in [0.2, 0.25) is 0 Å². The van der Waals surface area contributed by atoms with Crippen molar-refractivity contribution in [1.82, 2.24) is 14.8 Å². The van der Waals surface area contributed by atoms with Gasteiger partial charge in [0.1, 0.15) is 5.75 Å². The fourth-order valence-electron chi connectivity index (χ4n) is 2.90. The molecule has 150 valence electrons. The van der Waals surface area contributed by atoms with Crippen LogP contribution in [-0.4, -0.2) is 38.8 Å². The third kappa shape index (κ3) is 5.77. The third-order valence-electron chi connectivity index (χ3n) is 4.31. The Balaban J connectivity index is 1.25. The number of anilines is 1. The van der Waals surface area contributed by atoms with Crippen LogP contribution in [0.5, 0.6) is 5.75 Å². The van der Waals surface area contributed by atoms with Crippen molar-refractivity contribution in [1.29, 1.82) is 0 Å². The summed E-state index contributed by atoms with van der Waals surface area (Å²) in [7, 11) is 0. The van der Waals surface area contributed by atoms with Crippen LogP contribution in [0.3, 0.4) is 0 Å². The van der Waals surface area contributed by atoms with Crippen LogP contribution in [0.4, 0.5) is 5.82 Å². The summed E-state index contributed by atoms with van der Waals surface area (Å²) < 4.78 is 7.85. The predicted molar refractivity (Wildman–Crippen MR) is 118 cm³/mol. The molecular weight excluding hydrogens is 404 g/mol. The highest BCUT2D eigenvalue weighted by Crippen LogP contribution is 2.43. The van der Waals surface area contributed by atoms with Crippen molar-refractivity contribution < 1.29 is 9.53 Å². The van der Waals surface area contributed by atoms with Gasteiger partial charge in [-0.1, -0.05) is 18.2 Å². The molecule has 29 heavy (non-hydrogen) atoms. The van der Waals surface area contributed by atoms with Crippen LogP contribution in [0.15, 0.2) is 60.9 Å². The van der Waals surface area contributed by atoms with Crippen LogP contribution in [0, 0.1) is 0 Å². The zero-order chi connectivity index (χ0) is 19.9. The second kappa shape index (κ2) is 9.84. The Bertz CT molecular complexity index is 925. The zero-order valence-corrected chi connectivity index (χ0v) is 17.5. The lowest BCUT2D eigenvalue weighted by atomic mass is 10.2. The molecule has 1 aliphatic heterocycles. The minimum absolute atomic E-state index is 0.0562. The maximum Gasteiger partial charge on any atom is 0.263 e. The monoisotopic (exact) mass is 426 g/mol. The molecule has 0 bridgehead atoms. The van der Waals surface area contributed by atoms with E-state index in [1.165, 1.54) is 23.5 Å². The van der Waals surface area contributed by atoms with Crippen molar-refractivity contribution in [2.24, 2.45) is 0 Å². The van der Waals surface area contributed by atoms with E-state index in [9.17, 15) is 4.79 Å². The highest BCUT2D eigenvalue weighted by molar-refractivity contribution is 8.16. The van der Waals surface area contributed by atoms with Crippen molar-refractivity contribution in [2.75, 3.05) is 23.4 Å². The Labute approximate surface area is 178 Å². The van der Waals surface area contributed by atoms with Crippen LogP contribution < -0.4 is 10.1 Å². The lowest BCUT2D eigenvalue weighted by Crippen LogP contribution is -2.20. The minimum atomic E-state index is -0.240. The number of hydrogen-bond acceptors (Lipinski definition) is 6. The smallest absolute Gasteiger partial charge is 0.263 e. The van der Waals surface area contributed by atoms with Crippen molar-refractivity contribution in [2.45, 2.75) is 17.5 Å². The van der Waals surface area contributed by atoms with Gasteiger partial charge in [-0.3, -0.25) is 14.5 Å². The van der Waals surface area contributed by atoms with Crippen molar-refractivity contribution in [3.05, 3.63) is 72.2 Å². The molecule has 1 fully saturated rings. The molecule has 0 saturated carbocycles. The summed E-state index contributed by atoms with van der Waals surface area (Å²) in [4.78, 5) is 16.4. The van der Waals surface area contributed by atoms with Crippen molar-refractivity contribution >= 4 is 35.2 Å². The SMILES string of the molecule is O=C(COc1ccc(C2SCCCS2)cc1)Nc1ccn(Cc2ccccn2)n1. The summed E-state index contributed by atoms with van der Waals surface area (Å²) in [5.41, 5.74) is 2.21. The quantitative estimate of drug-likeness (QED) is 0.610. The van der Waals surface area contributed by atoms with Gasteiger partial charge < -0.3 is 10.1 Å². The molecule has 1 amide bonds. The number of carbonyl (C=O) groups is 1. The number of nitrogens with one attached hydrogen (secondary N) is 1. The number of pyridine rings is 1. The van der Waals surface area contributed by atoms with Crippen LogP contribution in [0.25, 0.3) is 0 Å². The Morgan fingerprint density at radius 2 is 1.97 bits per heavy atom. The highest BCUT2D eigenvalue weighted by Gasteiger charge is 2.16. The van der Waals surface area contributed by atoms with E-state index < -0.39 is 0 Å². The molecule has 0 unspecified atom stereocenters. The number of rotatable bonds is 7. The summed E-state index contributed by atoms with van der Waals surface area (Å²) in [6, 6.07) is 15.5. The zero-order valence-electron chi connectivity index (χ0n) is 15.9. The Morgan fingerprint density at radius 1 is 1.14 bits per heavy atom. The third-order valence-corrected chi connectivity index (χ3v) is 7.32. The maximum atomic E-state index is 12.2. The molecule has 0 aliphatic carbocycles. The number of hydrogen-bond donors (Lipinski definition) is 1. The van der Waals surface area contributed by atoms with Crippen molar-refractivity contribution in [3.63, 3.8) is 0 Å². The summed E-state index contributed by atoms with van der Waals surface area (Å²) in [6.45, 7) is 0.497. The molecule has 0 spiro atoms. The first-order chi connectivity index (χ1) is 14.3. The van der Waals surface area contributed by atoms with Gasteiger partial charge in [0.05, 0.1) is 16.8 Å². The van der Waals surface area contributed by atoms with Crippen LogP contribution in [0.1, 0.15) is 22.3 Å². The van der Waals surface area contributed by atoms with Gasteiger partial charge in [-0.15, -0.1) is 23.5 Å². The van der Waals surface area contributed by atoms with Crippen molar-refractivity contribution in [3.8, 4) is 5.75 Å². The maximum absolute atomic E-state index is 12.2. The number of aromatic nitrogens is 3. The second-order valence-corrected chi connectivity index (χ2v) is 9.28. The molecule has 1 N–H and O–H groups in total. The first-order valence-corrected chi connectivity index (χ1v) is 11.6. The number of amides is 1. The lowest BCUT2D eigenvalue weighted by Gasteiger charge is -2.21. The molecular formula is C21H22N4O2S2. The number of ether oxygens (including phenoxy) is 1. The van der Waals surface area contributed by atoms with E-state index in [4.69, 9.17) is 4.74 Å². The molecule has 3 aromatic rings. The van der Waals surface area contributed by atoms with E-state index in [0.29, 0.717) is 22.7 Å². The van der Waals surface area contributed by atoms with Gasteiger partial charge in [0.25, 0.3) is 5.91 Å². The summed E-state index contributed by atoms with van der Waals surface area (Å²) in [5, 5.41) is 7.11. The van der Waals surface area contributed by atoms with Gasteiger partial charge in [0.15, 0.2) is 12.4 Å². The number of thioether (sulfide) groups is 2. The summed E-state index contributed by atoms with van der Waals surface area (Å²) in [6.07, 6.45) is 4.84. The summed E-state index contributed by atoms with van der Waals surface area (Å²) in [5.74, 6) is 3.38. The molecule has 0 radical (unpaired) electrons. The highest BCUT2D eigenvalue weighted by atomic mass is 32.2. The van der Waals surface area contributed by atoms with E-state index in [1.54, 1.807) is 16.9 Å². The summed E-state index contributed by atoms with van der Waals surface area (Å²) >= 11 is 3.98. The molecule has 1 saturated heterocycles. The van der Waals surface area contributed by atoms with E-state index in [1.807, 2.05) is 60.1 Å².